The summed E-state index contributed by atoms with van der Waals surface area (Å²) in [6.07, 6.45) is 2.92. The van der Waals surface area contributed by atoms with Gasteiger partial charge in [0.2, 0.25) is 11.8 Å². The predicted molar refractivity (Wildman–Crippen MR) is 72.1 cm³/mol. The zero-order valence-electron chi connectivity index (χ0n) is 12.1. The molecule has 1 aliphatic rings. The Morgan fingerprint density at radius 2 is 2.20 bits per heavy atom. The smallest absolute Gasteiger partial charge is 0.317 e. The molecule has 0 aromatic carbocycles. The standard InChI is InChI=1S/C13H22N4O3/c1-3-11-15-16-12(20-11)9-17(4-2)13(18)14-8-10-6-5-7-19-10/h10H,3-9H2,1-2H3,(H,14,18). The van der Waals surface area contributed by atoms with E-state index in [4.69, 9.17) is 9.15 Å². The summed E-state index contributed by atoms with van der Waals surface area (Å²) in [5.74, 6) is 1.06. The number of aromatic nitrogens is 2. The molecule has 1 saturated heterocycles. The van der Waals surface area contributed by atoms with E-state index < -0.39 is 0 Å². The van der Waals surface area contributed by atoms with Crippen molar-refractivity contribution < 1.29 is 13.9 Å². The van der Waals surface area contributed by atoms with Gasteiger partial charge in [-0.15, -0.1) is 10.2 Å². The van der Waals surface area contributed by atoms with Crippen LogP contribution in [-0.4, -0.2) is 46.9 Å². The molecular formula is C13H22N4O3. The Balaban J connectivity index is 1.81. The predicted octanol–water partition coefficient (Wildman–Crippen LogP) is 1.34. The molecule has 0 radical (unpaired) electrons. The highest BCUT2D eigenvalue weighted by atomic mass is 16.5. The van der Waals surface area contributed by atoms with Crippen molar-refractivity contribution >= 4 is 6.03 Å². The van der Waals surface area contributed by atoms with Crippen molar-refractivity contribution in [1.29, 1.82) is 0 Å². The lowest BCUT2D eigenvalue weighted by Crippen LogP contribution is -2.42. The summed E-state index contributed by atoms with van der Waals surface area (Å²) >= 11 is 0. The number of urea groups is 1. The maximum atomic E-state index is 12.1. The normalized spacial score (nSPS) is 18.2. The van der Waals surface area contributed by atoms with Gasteiger partial charge in [-0.05, 0) is 19.8 Å². The number of amides is 2. The molecule has 1 aromatic rings. The number of ether oxygens (including phenoxy) is 1. The molecule has 1 aliphatic heterocycles. The van der Waals surface area contributed by atoms with Crippen molar-refractivity contribution in [3.63, 3.8) is 0 Å². The van der Waals surface area contributed by atoms with Gasteiger partial charge in [0.1, 0.15) is 6.54 Å². The molecule has 7 heteroatoms. The molecule has 2 rings (SSSR count). The minimum Gasteiger partial charge on any atom is -0.423 e. The zero-order valence-corrected chi connectivity index (χ0v) is 12.1. The Morgan fingerprint density at radius 1 is 1.40 bits per heavy atom. The van der Waals surface area contributed by atoms with Gasteiger partial charge in [-0.25, -0.2) is 4.79 Å². The van der Waals surface area contributed by atoms with Gasteiger partial charge in [0, 0.05) is 26.1 Å². The van der Waals surface area contributed by atoms with Crippen molar-refractivity contribution in [3.8, 4) is 0 Å². The Kier molecular flexibility index (Phi) is 5.34. The van der Waals surface area contributed by atoms with E-state index in [0.717, 1.165) is 19.4 Å². The average molecular weight is 282 g/mol. The maximum absolute atomic E-state index is 12.1. The van der Waals surface area contributed by atoms with Gasteiger partial charge in [0.05, 0.1) is 6.10 Å². The van der Waals surface area contributed by atoms with Crippen LogP contribution in [0.5, 0.6) is 0 Å². The second kappa shape index (κ2) is 7.23. The number of nitrogens with zero attached hydrogens (tertiary/aromatic N) is 3. The Labute approximate surface area is 118 Å². The van der Waals surface area contributed by atoms with Crippen LogP contribution < -0.4 is 5.32 Å². The second-order valence-corrected chi connectivity index (χ2v) is 4.78. The average Bonchev–Trinajstić information content (AvgIpc) is 3.13. The van der Waals surface area contributed by atoms with Crippen LogP contribution >= 0.6 is 0 Å². The van der Waals surface area contributed by atoms with E-state index in [1.807, 2.05) is 13.8 Å². The fourth-order valence-electron chi connectivity index (χ4n) is 2.10. The van der Waals surface area contributed by atoms with Crippen LogP contribution in [0.1, 0.15) is 38.5 Å². The van der Waals surface area contributed by atoms with Crippen LogP contribution in [0.4, 0.5) is 4.79 Å². The van der Waals surface area contributed by atoms with Gasteiger partial charge >= 0.3 is 6.03 Å². The molecule has 1 unspecified atom stereocenters. The van der Waals surface area contributed by atoms with Crippen LogP contribution in [0.15, 0.2) is 4.42 Å². The minimum absolute atomic E-state index is 0.126. The van der Waals surface area contributed by atoms with E-state index in [-0.39, 0.29) is 12.1 Å². The third-order valence-corrected chi connectivity index (χ3v) is 3.31. The van der Waals surface area contributed by atoms with Crippen molar-refractivity contribution in [2.75, 3.05) is 19.7 Å². The van der Waals surface area contributed by atoms with Gasteiger partial charge in [-0.2, -0.15) is 0 Å². The first-order valence-electron chi connectivity index (χ1n) is 7.18. The first-order chi connectivity index (χ1) is 9.72. The minimum atomic E-state index is -0.126. The van der Waals surface area contributed by atoms with Gasteiger partial charge in [0.15, 0.2) is 0 Å². The van der Waals surface area contributed by atoms with E-state index in [1.165, 1.54) is 0 Å². The number of hydrogen-bond donors (Lipinski definition) is 1. The number of carbonyl (C=O) groups excluding carboxylic acids is 1. The van der Waals surface area contributed by atoms with E-state index in [0.29, 0.717) is 37.8 Å². The van der Waals surface area contributed by atoms with Crippen LogP contribution in [0.2, 0.25) is 0 Å². The summed E-state index contributed by atoms with van der Waals surface area (Å²) in [4.78, 5) is 13.7. The molecule has 1 N–H and O–H groups in total. The molecule has 1 fully saturated rings. The van der Waals surface area contributed by atoms with Crippen molar-refractivity contribution in [3.05, 3.63) is 11.8 Å². The van der Waals surface area contributed by atoms with Gasteiger partial charge in [-0.3, -0.25) is 0 Å². The van der Waals surface area contributed by atoms with Crippen LogP contribution in [0, 0.1) is 0 Å². The van der Waals surface area contributed by atoms with Gasteiger partial charge in [0.25, 0.3) is 0 Å². The summed E-state index contributed by atoms with van der Waals surface area (Å²) < 4.78 is 10.9. The quantitative estimate of drug-likeness (QED) is 0.851. The Hall–Kier alpha value is -1.63. The number of nitrogens with one attached hydrogen (secondary N) is 1. The summed E-state index contributed by atoms with van der Waals surface area (Å²) in [7, 11) is 0. The highest BCUT2D eigenvalue weighted by Crippen LogP contribution is 2.11. The molecule has 2 amide bonds. The SMILES string of the molecule is CCc1nnc(CN(CC)C(=O)NCC2CCCO2)o1. The molecule has 1 aromatic heterocycles. The third kappa shape index (κ3) is 3.93. The van der Waals surface area contributed by atoms with E-state index in [1.54, 1.807) is 4.90 Å². The lowest BCUT2D eigenvalue weighted by molar-refractivity contribution is 0.108. The molecule has 1 atom stereocenters. The van der Waals surface area contributed by atoms with Crippen molar-refractivity contribution in [2.24, 2.45) is 0 Å². The third-order valence-electron chi connectivity index (χ3n) is 3.31. The fraction of sp³-hybridized carbons (Fsp3) is 0.769. The second-order valence-electron chi connectivity index (χ2n) is 4.78. The van der Waals surface area contributed by atoms with Crippen molar-refractivity contribution in [1.82, 2.24) is 20.4 Å². The first kappa shape index (κ1) is 14.8. The lowest BCUT2D eigenvalue weighted by Gasteiger charge is -2.20. The number of hydrogen-bond acceptors (Lipinski definition) is 5. The molecule has 0 aliphatic carbocycles. The molecular weight excluding hydrogens is 260 g/mol. The Morgan fingerprint density at radius 3 is 2.80 bits per heavy atom. The van der Waals surface area contributed by atoms with Crippen molar-refractivity contribution in [2.45, 2.75) is 45.8 Å². The molecule has 112 valence electrons. The van der Waals surface area contributed by atoms with E-state index in [9.17, 15) is 4.79 Å². The largest absolute Gasteiger partial charge is 0.423 e. The van der Waals surface area contributed by atoms with E-state index in [2.05, 4.69) is 15.5 Å². The topological polar surface area (TPSA) is 80.5 Å². The van der Waals surface area contributed by atoms with Gasteiger partial charge < -0.3 is 19.4 Å². The molecule has 0 bridgehead atoms. The zero-order chi connectivity index (χ0) is 14.4. The monoisotopic (exact) mass is 282 g/mol. The Bertz CT molecular complexity index is 429. The summed E-state index contributed by atoms with van der Waals surface area (Å²) in [6, 6.07) is -0.126. The molecule has 7 nitrogen and oxygen atoms in total. The maximum Gasteiger partial charge on any atom is 0.317 e. The molecule has 0 spiro atoms. The summed E-state index contributed by atoms with van der Waals surface area (Å²) in [6.45, 7) is 6.13. The molecule has 2 heterocycles. The summed E-state index contributed by atoms with van der Waals surface area (Å²) in [5.41, 5.74) is 0. The number of aryl methyl sites for hydroxylation is 1. The van der Waals surface area contributed by atoms with Crippen LogP contribution in [-0.2, 0) is 17.7 Å². The van der Waals surface area contributed by atoms with E-state index >= 15 is 0 Å². The summed E-state index contributed by atoms with van der Waals surface area (Å²) in [5, 5.41) is 10.7. The number of carbonyl (C=O) groups is 1. The fourth-order valence-corrected chi connectivity index (χ4v) is 2.10. The highest BCUT2D eigenvalue weighted by Gasteiger charge is 2.19. The lowest BCUT2D eigenvalue weighted by atomic mass is 10.2. The van der Waals surface area contributed by atoms with Crippen LogP contribution in [0.3, 0.4) is 0 Å². The van der Waals surface area contributed by atoms with Crippen LogP contribution in [0.25, 0.3) is 0 Å². The van der Waals surface area contributed by atoms with Gasteiger partial charge in [-0.1, -0.05) is 6.92 Å². The highest BCUT2D eigenvalue weighted by molar-refractivity contribution is 5.74. The molecule has 0 saturated carbocycles. The first-order valence-corrected chi connectivity index (χ1v) is 7.18. The number of rotatable bonds is 6. The molecule has 20 heavy (non-hydrogen) atoms.